The Morgan fingerprint density at radius 1 is 1.14 bits per heavy atom. The highest BCUT2D eigenvalue weighted by molar-refractivity contribution is 7.12. The summed E-state index contributed by atoms with van der Waals surface area (Å²) in [4.78, 5) is 2.86. The van der Waals surface area contributed by atoms with E-state index in [4.69, 9.17) is 0 Å². The molecule has 0 fully saturated rings. The van der Waals surface area contributed by atoms with Crippen LogP contribution in [0.25, 0.3) is 0 Å². The van der Waals surface area contributed by atoms with Gasteiger partial charge in [-0.1, -0.05) is 37.6 Å². The third-order valence-electron chi connectivity index (χ3n) is 4.10. The fourth-order valence-corrected chi connectivity index (χ4v) is 3.47. The maximum absolute atomic E-state index is 3.63. The Morgan fingerprint density at radius 2 is 1.86 bits per heavy atom. The monoisotopic (exact) mass is 301 g/mol. The summed E-state index contributed by atoms with van der Waals surface area (Å²) in [5.41, 5.74) is 4.24. The lowest BCUT2D eigenvalue weighted by Gasteiger charge is -2.14. The molecule has 1 nitrogen and oxygen atoms in total. The van der Waals surface area contributed by atoms with Gasteiger partial charge in [0.1, 0.15) is 0 Å². The van der Waals surface area contributed by atoms with E-state index in [-0.39, 0.29) is 0 Å². The zero-order chi connectivity index (χ0) is 15.2. The average molecular weight is 301 g/mol. The summed E-state index contributed by atoms with van der Waals surface area (Å²) in [6.07, 6.45) is 3.75. The Bertz CT molecular complexity index is 534. The van der Waals surface area contributed by atoms with E-state index < -0.39 is 0 Å². The van der Waals surface area contributed by atoms with Crippen LogP contribution in [0.5, 0.6) is 0 Å². The molecule has 1 atom stereocenters. The number of thiophene rings is 1. The first-order valence-corrected chi connectivity index (χ1v) is 8.80. The zero-order valence-electron chi connectivity index (χ0n) is 13.7. The summed E-state index contributed by atoms with van der Waals surface area (Å²) in [6, 6.07) is 11.8. The van der Waals surface area contributed by atoms with Crippen molar-refractivity contribution in [3.8, 4) is 0 Å². The fourth-order valence-electron chi connectivity index (χ4n) is 2.46. The van der Waals surface area contributed by atoms with Gasteiger partial charge in [-0.3, -0.25) is 0 Å². The van der Waals surface area contributed by atoms with Crippen molar-refractivity contribution in [2.45, 2.75) is 59.5 Å². The lowest BCUT2D eigenvalue weighted by atomic mass is 10.0. The second-order valence-electron chi connectivity index (χ2n) is 5.90. The van der Waals surface area contributed by atoms with Crippen LogP contribution in [0.4, 0.5) is 0 Å². The van der Waals surface area contributed by atoms with Crippen molar-refractivity contribution in [2.75, 3.05) is 0 Å². The quantitative estimate of drug-likeness (QED) is 0.706. The Kier molecular flexibility index (Phi) is 6.01. The van der Waals surface area contributed by atoms with Gasteiger partial charge in [-0.05, 0) is 56.4 Å². The molecule has 0 aliphatic rings. The largest absolute Gasteiger partial charge is 0.305 e. The van der Waals surface area contributed by atoms with Crippen molar-refractivity contribution in [1.29, 1.82) is 0 Å². The first kappa shape index (κ1) is 16.3. The molecule has 0 saturated heterocycles. The molecule has 1 heterocycles. The smallest absolute Gasteiger partial charge is 0.0305 e. The molecule has 0 aliphatic carbocycles. The van der Waals surface area contributed by atoms with E-state index in [9.17, 15) is 0 Å². The summed E-state index contributed by atoms with van der Waals surface area (Å²) >= 11 is 1.90. The zero-order valence-corrected chi connectivity index (χ0v) is 14.5. The molecular weight excluding hydrogens is 274 g/mol. The highest BCUT2D eigenvalue weighted by Gasteiger charge is 2.07. The van der Waals surface area contributed by atoms with Crippen LogP contribution < -0.4 is 5.32 Å². The van der Waals surface area contributed by atoms with E-state index in [0.717, 1.165) is 6.54 Å². The first-order valence-electron chi connectivity index (χ1n) is 7.98. The molecule has 0 aliphatic heterocycles. The minimum absolute atomic E-state index is 0.396. The molecule has 0 spiro atoms. The van der Waals surface area contributed by atoms with Gasteiger partial charge in [0.15, 0.2) is 0 Å². The number of benzene rings is 1. The van der Waals surface area contributed by atoms with Crippen LogP contribution in [0.1, 0.15) is 59.2 Å². The van der Waals surface area contributed by atoms with E-state index in [1.54, 1.807) is 0 Å². The van der Waals surface area contributed by atoms with E-state index in [1.807, 2.05) is 11.3 Å². The molecule has 0 radical (unpaired) electrons. The van der Waals surface area contributed by atoms with Crippen molar-refractivity contribution in [3.63, 3.8) is 0 Å². The molecule has 1 unspecified atom stereocenters. The molecule has 21 heavy (non-hydrogen) atoms. The van der Waals surface area contributed by atoms with Gasteiger partial charge in [-0.15, -0.1) is 11.3 Å². The van der Waals surface area contributed by atoms with Gasteiger partial charge < -0.3 is 5.32 Å². The van der Waals surface area contributed by atoms with Gasteiger partial charge >= 0.3 is 0 Å². The van der Waals surface area contributed by atoms with E-state index >= 15 is 0 Å². The fraction of sp³-hybridized carbons (Fsp3) is 0.474. The van der Waals surface area contributed by atoms with Crippen molar-refractivity contribution in [1.82, 2.24) is 5.32 Å². The third-order valence-corrected chi connectivity index (χ3v) is 5.25. The van der Waals surface area contributed by atoms with Gasteiger partial charge in [0.2, 0.25) is 0 Å². The Balaban J connectivity index is 1.89. The molecule has 1 aromatic heterocycles. The van der Waals surface area contributed by atoms with Gasteiger partial charge in [-0.2, -0.15) is 0 Å². The van der Waals surface area contributed by atoms with Crippen LogP contribution in [0.2, 0.25) is 0 Å². The molecule has 2 aromatic rings. The second-order valence-corrected chi connectivity index (χ2v) is 7.24. The second kappa shape index (κ2) is 7.77. The number of nitrogens with one attached hydrogen (secondary N) is 1. The maximum Gasteiger partial charge on any atom is 0.0305 e. The Labute approximate surface area is 133 Å². The molecule has 1 aromatic carbocycles. The highest BCUT2D eigenvalue weighted by atomic mass is 32.1. The van der Waals surface area contributed by atoms with Crippen LogP contribution in [-0.4, -0.2) is 0 Å². The van der Waals surface area contributed by atoms with Gasteiger partial charge in [0.05, 0.1) is 0 Å². The van der Waals surface area contributed by atoms with Crippen LogP contribution >= 0.6 is 11.3 Å². The molecule has 1 N–H and O–H groups in total. The third kappa shape index (κ3) is 4.69. The molecule has 2 rings (SSSR count). The van der Waals surface area contributed by atoms with Gasteiger partial charge in [-0.25, -0.2) is 0 Å². The number of hydrogen-bond acceptors (Lipinski definition) is 2. The number of aryl methyl sites for hydroxylation is 3. The summed E-state index contributed by atoms with van der Waals surface area (Å²) in [5.74, 6) is 0. The lowest BCUT2D eigenvalue weighted by Crippen LogP contribution is -2.17. The summed E-state index contributed by atoms with van der Waals surface area (Å²) in [6.45, 7) is 9.83. The standard InChI is InChI=1S/C19H27NS/c1-5-6-7-17-8-10-18(11-9-17)15(3)20-13-19-12-14(2)16(4)21-19/h8-12,15,20H,5-7,13H2,1-4H3. The minimum Gasteiger partial charge on any atom is -0.305 e. The predicted molar refractivity (Wildman–Crippen MR) is 94.1 cm³/mol. The van der Waals surface area contributed by atoms with Crippen molar-refractivity contribution < 1.29 is 0 Å². The molecule has 0 saturated carbocycles. The average Bonchev–Trinajstić information content (AvgIpc) is 2.82. The predicted octanol–water partition coefficient (Wildman–Crippen LogP) is 5.56. The van der Waals surface area contributed by atoms with Crippen molar-refractivity contribution >= 4 is 11.3 Å². The highest BCUT2D eigenvalue weighted by Crippen LogP contribution is 2.22. The summed E-state index contributed by atoms with van der Waals surface area (Å²) in [5, 5.41) is 3.63. The molecular formula is C19H27NS. The SMILES string of the molecule is CCCCc1ccc(C(C)NCc2cc(C)c(C)s2)cc1. The van der Waals surface area contributed by atoms with E-state index in [0.29, 0.717) is 6.04 Å². The van der Waals surface area contributed by atoms with E-state index in [2.05, 4.69) is 63.3 Å². The minimum atomic E-state index is 0.396. The lowest BCUT2D eigenvalue weighted by molar-refractivity contribution is 0.578. The van der Waals surface area contributed by atoms with Crippen LogP contribution in [0, 0.1) is 13.8 Å². The van der Waals surface area contributed by atoms with E-state index in [1.165, 1.54) is 45.7 Å². The van der Waals surface area contributed by atoms with Crippen LogP contribution in [-0.2, 0) is 13.0 Å². The van der Waals surface area contributed by atoms with Crippen molar-refractivity contribution in [2.24, 2.45) is 0 Å². The first-order chi connectivity index (χ1) is 10.1. The molecule has 2 heteroatoms. The maximum atomic E-state index is 3.63. The van der Waals surface area contributed by atoms with Crippen molar-refractivity contribution in [3.05, 3.63) is 56.8 Å². The normalized spacial score (nSPS) is 12.6. The molecule has 0 amide bonds. The van der Waals surface area contributed by atoms with Gasteiger partial charge in [0.25, 0.3) is 0 Å². The number of unbranched alkanes of at least 4 members (excludes halogenated alkanes) is 1. The molecule has 114 valence electrons. The summed E-state index contributed by atoms with van der Waals surface area (Å²) < 4.78 is 0. The summed E-state index contributed by atoms with van der Waals surface area (Å²) in [7, 11) is 0. The molecule has 0 bridgehead atoms. The Morgan fingerprint density at radius 3 is 2.43 bits per heavy atom. The van der Waals surface area contributed by atoms with Crippen LogP contribution in [0.3, 0.4) is 0 Å². The Hall–Kier alpha value is -1.12. The topological polar surface area (TPSA) is 12.0 Å². The van der Waals surface area contributed by atoms with Crippen LogP contribution in [0.15, 0.2) is 30.3 Å². The number of hydrogen-bond donors (Lipinski definition) is 1. The number of rotatable bonds is 7. The van der Waals surface area contributed by atoms with Gasteiger partial charge in [0, 0.05) is 22.3 Å².